The molecule has 1 aromatic heterocycles. The normalized spacial score (nSPS) is 11.2. The number of carbonyl (C=O) groups is 2. The summed E-state index contributed by atoms with van der Waals surface area (Å²) in [6.45, 7) is 0.198. The van der Waals surface area contributed by atoms with E-state index in [9.17, 15) is 22.8 Å². The summed E-state index contributed by atoms with van der Waals surface area (Å²) in [7, 11) is 0. The van der Waals surface area contributed by atoms with Crippen LogP contribution in [-0.2, 0) is 0 Å². The van der Waals surface area contributed by atoms with E-state index < -0.39 is 24.5 Å². The first-order valence-electron chi connectivity index (χ1n) is 7.16. The molecule has 5 nitrogen and oxygen atoms in total. The van der Waals surface area contributed by atoms with Gasteiger partial charge in [0.15, 0.2) is 0 Å². The first-order valence-corrected chi connectivity index (χ1v) is 7.91. The summed E-state index contributed by atoms with van der Waals surface area (Å²) in [5.41, 5.74) is 0.655. The number of aromatic nitrogens is 1. The van der Waals surface area contributed by atoms with Crippen LogP contribution in [0.2, 0.25) is 10.2 Å². The highest BCUT2D eigenvalue weighted by molar-refractivity contribution is 6.35. The predicted octanol–water partition coefficient (Wildman–Crippen LogP) is 4.24. The molecule has 26 heavy (non-hydrogen) atoms. The molecule has 10 heteroatoms. The summed E-state index contributed by atoms with van der Waals surface area (Å²) in [4.78, 5) is 28.0. The number of carbonyl (C=O) groups excluding carboxylic acids is 2. The summed E-state index contributed by atoms with van der Waals surface area (Å²) in [5.74, 6) is -1.59. The second-order valence-corrected chi connectivity index (χ2v) is 6.04. The number of aryl methyl sites for hydroxylation is 1. The van der Waals surface area contributed by atoms with Crippen LogP contribution in [-0.4, -0.2) is 29.5 Å². The van der Waals surface area contributed by atoms with Gasteiger partial charge in [-0.2, -0.15) is 13.2 Å². The van der Waals surface area contributed by atoms with E-state index in [1.165, 1.54) is 30.3 Å². The van der Waals surface area contributed by atoms with E-state index in [4.69, 9.17) is 23.2 Å². The third-order valence-corrected chi connectivity index (χ3v) is 3.74. The van der Waals surface area contributed by atoms with Gasteiger partial charge >= 0.3 is 6.18 Å². The maximum absolute atomic E-state index is 12.3. The van der Waals surface area contributed by atoms with Gasteiger partial charge in [-0.1, -0.05) is 29.3 Å². The molecule has 0 bridgehead atoms. The van der Waals surface area contributed by atoms with Gasteiger partial charge in [0, 0.05) is 11.3 Å². The lowest BCUT2D eigenvalue weighted by molar-refractivity contribution is -0.123. The number of nitrogens with zero attached hydrogens (tertiary/aromatic N) is 1. The van der Waals surface area contributed by atoms with Crippen molar-refractivity contribution in [3.05, 3.63) is 57.3 Å². The molecule has 0 radical (unpaired) electrons. The zero-order valence-electron chi connectivity index (χ0n) is 13.2. The minimum Gasteiger partial charge on any atom is -0.343 e. The van der Waals surface area contributed by atoms with Gasteiger partial charge in [-0.15, -0.1) is 0 Å². The number of hydrogen-bond acceptors (Lipinski definition) is 3. The lowest BCUT2D eigenvalue weighted by atomic mass is 10.1. The van der Waals surface area contributed by atoms with Gasteiger partial charge in [0.05, 0.1) is 5.02 Å². The largest absolute Gasteiger partial charge is 0.405 e. The number of rotatable bonds is 4. The highest BCUT2D eigenvalue weighted by atomic mass is 35.5. The Kier molecular flexibility index (Phi) is 6.09. The third-order valence-electron chi connectivity index (χ3n) is 3.22. The van der Waals surface area contributed by atoms with Crippen molar-refractivity contribution in [2.45, 2.75) is 13.1 Å². The monoisotopic (exact) mass is 405 g/mol. The molecule has 2 N–H and O–H groups in total. The Morgan fingerprint density at radius 1 is 1.12 bits per heavy atom. The summed E-state index contributed by atoms with van der Waals surface area (Å²) >= 11 is 11.6. The molecule has 138 valence electrons. The third kappa shape index (κ3) is 5.34. The van der Waals surface area contributed by atoms with Gasteiger partial charge in [0.2, 0.25) is 0 Å². The average molecular weight is 406 g/mol. The maximum atomic E-state index is 12.3. The summed E-state index contributed by atoms with van der Waals surface area (Å²) in [6.07, 6.45) is -4.52. The molecule has 0 fully saturated rings. The highest BCUT2D eigenvalue weighted by Crippen LogP contribution is 2.21. The van der Waals surface area contributed by atoms with Crippen molar-refractivity contribution < 1.29 is 22.8 Å². The summed E-state index contributed by atoms with van der Waals surface area (Å²) in [5, 5.41) is 4.41. The van der Waals surface area contributed by atoms with Crippen LogP contribution in [0.3, 0.4) is 0 Å². The molecule has 0 aliphatic carbocycles. The molecule has 1 heterocycles. The van der Waals surface area contributed by atoms with Crippen LogP contribution in [0.25, 0.3) is 0 Å². The molecular weight excluding hydrogens is 394 g/mol. The Labute approximate surface area is 156 Å². The maximum Gasteiger partial charge on any atom is 0.405 e. The number of hydrogen-bond donors (Lipinski definition) is 2. The van der Waals surface area contributed by atoms with Crippen molar-refractivity contribution in [1.29, 1.82) is 0 Å². The SMILES string of the molecule is Cc1ccc(C(=O)NCC(F)(F)F)cc1NC(=O)c1nc(Cl)ccc1Cl. The van der Waals surface area contributed by atoms with Crippen molar-refractivity contribution >= 4 is 40.7 Å². The second kappa shape index (κ2) is 7.92. The van der Waals surface area contributed by atoms with Gasteiger partial charge in [-0.05, 0) is 36.8 Å². The Morgan fingerprint density at radius 3 is 2.46 bits per heavy atom. The molecule has 2 aromatic rings. The van der Waals surface area contributed by atoms with Gasteiger partial charge in [-0.3, -0.25) is 9.59 Å². The lowest BCUT2D eigenvalue weighted by Gasteiger charge is -2.12. The Balaban J connectivity index is 2.20. The van der Waals surface area contributed by atoms with Gasteiger partial charge in [0.25, 0.3) is 11.8 Å². The molecule has 0 saturated heterocycles. The van der Waals surface area contributed by atoms with E-state index in [0.29, 0.717) is 5.56 Å². The van der Waals surface area contributed by atoms with E-state index in [0.717, 1.165) is 0 Å². The lowest BCUT2D eigenvalue weighted by Crippen LogP contribution is -2.33. The van der Waals surface area contributed by atoms with Crippen LogP contribution in [0.1, 0.15) is 26.4 Å². The van der Waals surface area contributed by atoms with Gasteiger partial charge in [-0.25, -0.2) is 4.98 Å². The van der Waals surface area contributed by atoms with E-state index in [1.54, 1.807) is 12.2 Å². The molecule has 2 amide bonds. The van der Waals surface area contributed by atoms with Crippen molar-refractivity contribution in [2.75, 3.05) is 11.9 Å². The number of pyridine rings is 1. The molecule has 0 unspecified atom stereocenters. The molecule has 2 rings (SSSR count). The second-order valence-electron chi connectivity index (χ2n) is 5.25. The van der Waals surface area contributed by atoms with Crippen LogP contribution in [0.15, 0.2) is 30.3 Å². The van der Waals surface area contributed by atoms with Crippen LogP contribution in [0, 0.1) is 6.92 Å². The fraction of sp³-hybridized carbons (Fsp3) is 0.188. The molecule has 0 atom stereocenters. The average Bonchev–Trinajstić information content (AvgIpc) is 2.56. The Morgan fingerprint density at radius 2 is 1.81 bits per heavy atom. The standard InChI is InChI=1S/C16H12Cl2F3N3O2/c1-8-2-3-9(14(25)22-7-16(19,20)21)6-11(8)23-15(26)13-10(17)4-5-12(18)24-13/h2-6H,7H2,1H3,(H,22,25)(H,23,26). The van der Waals surface area contributed by atoms with Crippen LogP contribution < -0.4 is 10.6 Å². The first kappa shape index (κ1) is 20.0. The van der Waals surface area contributed by atoms with E-state index in [-0.39, 0.29) is 27.1 Å². The number of alkyl halides is 3. The summed E-state index contributed by atoms with van der Waals surface area (Å²) < 4.78 is 36.6. The van der Waals surface area contributed by atoms with Gasteiger partial charge in [0.1, 0.15) is 17.4 Å². The minimum atomic E-state index is -4.52. The van der Waals surface area contributed by atoms with E-state index in [1.807, 2.05) is 0 Å². The molecule has 0 aliphatic rings. The molecular formula is C16H12Cl2F3N3O2. The van der Waals surface area contributed by atoms with Crippen molar-refractivity contribution in [1.82, 2.24) is 10.3 Å². The number of halogens is 5. The topological polar surface area (TPSA) is 71.1 Å². The first-order chi connectivity index (χ1) is 12.1. The zero-order valence-corrected chi connectivity index (χ0v) is 14.8. The fourth-order valence-electron chi connectivity index (χ4n) is 1.94. The Bertz CT molecular complexity index is 857. The molecule has 0 aliphatic heterocycles. The number of benzene rings is 1. The smallest absolute Gasteiger partial charge is 0.343 e. The fourth-order valence-corrected chi connectivity index (χ4v) is 2.28. The van der Waals surface area contributed by atoms with Gasteiger partial charge < -0.3 is 10.6 Å². The zero-order chi connectivity index (χ0) is 19.5. The number of anilines is 1. The number of amides is 2. The van der Waals surface area contributed by atoms with Crippen LogP contribution in [0.4, 0.5) is 18.9 Å². The highest BCUT2D eigenvalue weighted by Gasteiger charge is 2.28. The molecule has 0 spiro atoms. The Hall–Kier alpha value is -2.32. The van der Waals surface area contributed by atoms with Crippen molar-refractivity contribution in [2.24, 2.45) is 0 Å². The molecule has 1 aromatic carbocycles. The van der Waals surface area contributed by atoms with Crippen LogP contribution >= 0.6 is 23.2 Å². The summed E-state index contributed by atoms with van der Waals surface area (Å²) in [6, 6.07) is 6.92. The van der Waals surface area contributed by atoms with Crippen LogP contribution in [0.5, 0.6) is 0 Å². The van der Waals surface area contributed by atoms with Crippen molar-refractivity contribution in [3.8, 4) is 0 Å². The van der Waals surface area contributed by atoms with E-state index >= 15 is 0 Å². The quantitative estimate of drug-likeness (QED) is 0.747. The minimum absolute atomic E-state index is 0.0414. The van der Waals surface area contributed by atoms with E-state index in [2.05, 4.69) is 10.3 Å². The van der Waals surface area contributed by atoms with Crippen molar-refractivity contribution in [3.63, 3.8) is 0 Å². The molecule has 0 saturated carbocycles. The number of nitrogens with one attached hydrogen (secondary N) is 2. The predicted molar refractivity (Wildman–Crippen MR) is 91.8 cm³/mol.